The predicted octanol–water partition coefficient (Wildman–Crippen LogP) is 6.40. The van der Waals surface area contributed by atoms with Gasteiger partial charge in [0, 0.05) is 19.4 Å². The minimum absolute atomic E-state index is 0.0204. The van der Waals surface area contributed by atoms with Crippen LogP contribution in [0.25, 0.3) is 0 Å². The molecule has 0 spiro atoms. The first-order valence-electron chi connectivity index (χ1n) is 16.7. The molecular weight excluding hydrogens is 598 g/mol. The Balaban J connectivity index is 2.05. The summed E-state index contributed by atoms with van der Waals surface area (Å²) in [6.07, 6.45) is 2.10. The number of quaternary nitrogens is 1. The van der Waals surface area contributed by atoms with E-state index < -0.39 is 51.7 Å². The molecule has 10 heteroatoms. The highest BCUT2D eigenvalue weighted by molar-refractivity contribution is 5.89. The lowest BCUT2D eigenvalue weighted by molar-refractivity contribution is -0.859. The Bertz CT molecular complexity index is 1320. The molecule has 0 saturated carbocycles. The van der Waals surface area contributed by atoms with Gasteiger partial charge in [-0.15, -0.1) is 0 Å². The number of hydrogen-bond acceptors (Lipinski definition) is 8. The maximum atomic E-state index is 14.9. The van der Waals surface area contributed by atoms with Crippen LogP contribution in [-0.2, 0) is 36.8 Å². The molecule has 2 N–H and O–H groups in total. The van der Waals surface area contributed by atoms with Gasteiger partial charge in [-0.2, -0.15) is 4.90 Å². The van der Waals surface area contributed by atoms with Crippen LogP contribution in [0.1, 0.15) is 84.8 Å². The SMILES string of the molecule is CC(C)(C)OC(=O)C(CCc1ccccc1)C[N+]1(C(=O)N(CCCCN)C(=O)OCc2ccccc2)CCC[C@H]1C(=O)OC(C)(C)C. The average molecular weight is 653 g/mol. The highest BCUT2D eigenvalue weighted by Gasteiger charge is 2.57. The number of imide groups is 1. The van der Waals surface area contributed by atoms with E-state index in [2.05, 4.69) is 0 Å². The van der Waals surface area contributed by atoms with Crippen LogP contribution < -0.4 is 5.73 Å². The van der Waals surface area contributed by atoms with E-state index in [0.29, 0.717) is 45.1 Å². The zero-order valence-electron chi connectivity index (χ0n) is 29.0. The fraction of sp³-hybridized carbons (Fsp3) is 0.568. The van der Waals surface area contributed by atoms with Crippen LogP contribution in [0.2, 0.25) is 0 Å². The van der Waals surface area contributed by atoms with Crippen LogP contribution in [0, 0.1) is 5.92 Å². The number of esters is 2. The van der Waals surface area contributed by atoms with Gasteiger partial charge >= 0.3 is 24.1 Å². The maximum Gasteiger partial charge on any atom is 0.429 e. The van der Waals surface area contributed by atoms with Gasteiger partial charge in [0.25, 0.3) is 0 Å². The topological polar surface area (TPSA) is 125 Å². The second kappa shape index (κ2) is 16.9. The number of hydrogen-bond donors (Lipinski definition) is 1. The monoisotopic (exact) mass is 652 g/mol. The highest BCUT2D eigenvalue weighted by atomic mass is 16.6. The Kier molecular flexibility index (Phi) is 13.5. The van der Waals surface area contributed by atoms with Crippen LogP contribution in [0.15, 0.2) is 60.7 Å². The molecule has 3 atom stereocenters. The summed E-state index contributed by atoms with van der Waals surface area (Å²) in [6.45, 7) is 11.4. The van der Waals surface area contributed by atoms with Gasteiger partial charge in [-0.25, -0.2) is 18.9 Å². The molecule has 3 rings (SSSR count). The normalized spacial score (nSPS) is 18.7. The molecule has 0 aromatic heterocycles. The second-order valence-corrected chi connectivity index (χ2v) is 14.4. The van der Waals surface area contributed by atoms with Gasteiger partial charge in [0.2, 0.25) is 0 Å². The fourth-order valence-electron chi connectivity index (χ4n) is 5.95. The molecule has 1 aliphatic heterocycles. The fourth-order valence-corrected chi connectivity index (χ4v) is 5.95. The molecular formula is C37H54N3O7+. The van der Waals surface area contributed by atoms with Crippen molar-refractivity contribution < 1.29 is 37.9 Å². The highest BCUT2D eigenvalue weighted by Crippen LogP contribution is 2.35. The van der Waals surface area contributed by atoms with Crippen molar-refractivity contribution in [3.63, 3.8) is 0 Å². The summed E-state index contributed by atoms with van der Waals surface area (Å²) in [5.74, 6) is -1.73. The number of amides is 3. The van der Waals surface area contributed by atoms with Crippen molar-refractivity contribution in [2.75, 3.05) is 26.2 Å². The minimum Gasteiger partial charge on any atom is -0.460 e. The lowest BCUT2D eigenvalue weighted by atomic mass is 9.96. The Morgan fingerprint density at radius 3 is 2.04 bits per heavy atom. The molecule has 2 unspecified atom stereocenters. The summed E-state index contributed by atoms with van der Waals surface area (Å²) < 4.78 is 17.0. The molecule has 47 heavy (non-hydrogen) atoms. The summed E-state index contributed by atoms with van der Waals surface area (Å²) in [5.41, 5.74) is 6.02. The molecule has 258 valence electrons. The first-order chi connectivity index (χ1) is 22.1. The summed E-state index contributed by atoms with van der Waals surface area (Å²) >= 11 is 0. The van der Waals surface area contributed by atoms with Crippen molar-refractivity contribution in [3.05, 3.63) is 71.8 Å². The number of benzene rings is 2. The molecule has 0 bridgehead atoms. The number of likely N-dealkylation sites (tertiary alicyclic amines) is 1. The third-order valence-corrected chi connectivity index (χ3v) is 8.09. The molecule has 1 aliphatic rings. The zero-order chi connectivity index (χ0) is 34.7. The quantitative estimate of drug-likeness (QED) is 0.114. The van der Waals surface area contributed by atoms with E-state index in [1.54, 1.807) is 41.5 Å². The summed E-state index contributed by atoms with van der Waals surface area (Å²) in [6, 6.07) is 17.5. The molecule has 1 heterocycles. The van der Waals surface area contributed by atoms with E-state index in [-0.39, 0.29) is 26.2 Å². The second-order valence-electron chi connectivity index (χ2n) is 14.4. The summed E-state index contributed by atoms with van der Waals surface area (Å²) in [4.78, 5) is 57.4. The van der Waals surface area contributed by atoms with E-state index >= 15 is 0 Å². The van der Waals surface area contributed by atoms with Crippen LogP contribution in [-0.4, -0.2) is 76.9 Å². The molecule has 2 aromatic rings. The van der Waals surface area contributed by atoms with Gasteiger partial charge < -0.3 is 19.9 Å². The van der Waals surface area contributed by atoms with Gasteiger partial charge in [0.05, 0.1) is 6.54 Å². The van der Waals surface area contributed by atoms with E-state index in [9.17, 15) is 19.2 Å². The number of nitrogens with two attached hydrogens (primary N) is 1. The zero-order valence-corrected chi connectivity index (χ0v) is 29.0. The number of aryl methyl sites for hydroxylation is 1. The Labute approximate surface area is 280 Å². The molecule has 1 saturated heterocycles. The van der Waals surface area contributed by atoms with E-state index in [1.165, 1.54) is 0 Å². The Hall–Kier alpha value is -3.76. The molecule has 3 amide bonds. The van der Waals surface area contributed by atoms with Crippen molar-refractivity contribution in [1.82, 2.24) is 4.90 Å². The van der Waals surface area contributed by atoms with Gasteiger partial charge in [-0.1, -0.05) is 60.7 Å². The minimum atomic E-state index is -0.915. The number of nitrogens with zero attached hydrogens (tertiary/aromatic N) is 2. The Morgan fingerprint density at radius 2 is 1.47 bits per heavy atom. The largest absolute Gasteiger partial charge is 0.460 e. The van der Waals surface area contributed by atoms with Crippen molar-refractivity contribution in [1.29, 1.82) is 0 Å². The van der Waals surface area contributed by atoms with Crippen LogP contribution in [0.4, 0.5) is 9.59 Å². The molecule has 2 aromatic carbocycles. The van der Waals surface area contributed by atoms with Crippen molar-refractivity contribution in [2.45, 2.75) is 104 Å². The standard InChI is InChI=1S/C37H54N3O7/c1-36(2,3)46-32(41)30(22-21-28-16-9-7-10-17-28)26-40(25-15-20-31(40)33(42)47-37(4,5)6)34(43)39(24-14-13-23-38)35(44)45-27-29-18-11-8-12-19-29/h7-12,16-19,30-31H,13-15,20-27,38H2,1-6H3/q+1/t30?,31-,40?/m0/s1. The van der Waals surface area contributed by atoms with Crippen molar-refractivity contribution in [3.8, 4) is 0 Å². The van der Waals surface area contributed by atoms with E-state index in [4.69, 9.17) is 19.9 Å². The first-order valence-corrected chi connectivity index (χ1v) is 16.7. The number of rotatable bonds is 13. The van der Waals surface area contributed by atoms with Crippen molar-refractivity contribution in [2.24, 2.45) is 11.7 Å². The van der Waals surface area contributed by atoms with Gasteiger partial charge in [-0.3, -0.25) is 4.79 Å². The molecule has 10 nitrogen and oxygen atoms in total. The Morgan fingerprint density at radius 1 is 0.872 bits per heavy atom. The lowest BCUT2D eigenvalue weighted by Gasteiger charge is -2.41. The number of unbranched alkanes of at least 4 members (excludes halogenated alkanes) is 1. The third-order valence-electron chi connectivity index (χ3n) is 8.09. The average Bonchev–Trinajstić information content (AvgIpc) is 3.44. The van der Waals surface area contributed by atoms with Crippen molar-refractivity contribution >= 4 is 24.1 Å². The number of urea groups is 1. The smallest absolute Gasteiger partial charge is 0.429 e. The number of carbonyl (C=O) groups is 4. The third kappa shape index (κ3) is 11.5. The van der Waals surface area contributed by atoms with Crippen LogP contribution in [0.5, 0.6) is 0 Å². The summed E-state index contributed by atoms with van der Waals surface area (Å²) in [7, 11) is 0. The van der Waals surface area contributed by atoms with Gasteiger partial charge in [-0.05, 0) is 84.9 Å². The summed E-state index contributed by atoms with van der Waals surface area (Å²) in [5, 5.41) is 0. The molecule has 1 fully saturated rings. The molecule has 0 radical (unpaired) electrons. The molecule has 0 aliphatic carbocycles. The van der Waals surface area contributed by atoms with E-state index in [0.717, 1.165) is 16.0 Å². The first kappa shape index (κ1) is 37.7. The lowest BCUT2D eigenvalue weighted by Crippen LogP contribution is -2.66. The number of carbonyl (C=O) groups excluding carboxylic acids is 4. The van der Waals surface area contributed by atoms with E-state index in [1.807, 2.05) is 60.7 Å². The predicted molar refractivity (Wildman–Crippen MR) is 180 cm³/mol. The van der Waals surface area contributed by atoms with Gasteiger partial charge in [0.1, 0.15) is 30.3 Å². The van der Waals surface area contributed by atoms with Gasteiger partial charge in [0.15, 0.2) is 6.04 Å². The maximum absolute atomic E-state index is 14.9. The number of ether oxygens (including phenoxy) is 3. The van der Waals surface area contributed by atoms with Crippen LogP contribution >= 0.6 is 0 Å². The van der Waals surface area contributed by atoms with Crippen LogP contribution in [0.3, 0.4) is 0 Å².